The number of amides is 2. The molecule has 0 radical (unpaired) electrons. The molecular weight excluding hydrogens is 370 g/mol. The van der Waals surface area contributed by atoms with Crippen molar-refractivity contribution in [2.45, 2.75) is 30.7 Å². The maximum atomic E-state index is 12.8. The summed E-state index contributed by atoms with van der Waals surface area (Å²) in [5, 5.41) is 5.39. The predicted octanol–water partition coefficient (Wildman–Crippen LogP) is 1.49. The fraction of sp³-hybridized carbons (Fsp3) is 0.333. The Morgan fingerprint density at radius 1 is 1.30 bits per heavy atom. The van der Waals surface area contributed by atoms with E-state index in [2.05, 4.69) is 10.6 Å². The molecule has 1 aromatic heterocycles. The van der Waals surface area contributed by atoms with Gasteiger partial charge < -0.3 is 15.1 Å². The molecule has 144 valence electrons. The Labute approximate surface area is 157 Å². The number of nitrogens with zero attached hydrogens (tertiary/aromatic N) is 1. The number of carbonyl (C=O) groups is 2. The van der Waals surface area contributed by atoms with E-state index in [1.54, 1.807) is 24.3 Å². The van der Waals surface area contributed by atoms with E-state index in [-0.39, 0.29) is 23.9 Å². The number of nitrogens with one attached hydrogen (secondary N) is 2. The second-order valence-corrected chi connectivity index (χ2v) is 8.38. The number of likely N-dealkylation sites (N-methyl/N-ethyl adjacent to an activating group) is 1. The molecule has 0 aliphatic carbocycles. The molecule has 0 atom stereocenters. The molecule has 0 unspecified atom stereocenters. The van der Waals surface area contributed by atoms with Gasteiger partial charge in [0, 0.05) is 19.2 Å². The number of sulfonamides is 1. The lowest BCUT2D eigenvalue weighted by Crippen LogP contribution is -2.38. The molecule has 0 spiro atoms. The Hall–Kier alpha value is -2.65. The van der Waals surface area contributed by atoms with Crippen molar-refractivity contribution >= 4 is 27.5 Å². The summed E-state index contributed by atoms with van der Waals surface area (Å²) in [4.78, 5) is 23.7. The first-order valence-electron chi connectivity index (χ1n) is 8.54. The molecule has 0 fully saturated rings. The third-order valence-electron chi connectivity index (χ3n) is 4.32. The van der Waals surface area contributed by atoms with Crippen molar-refractivity contribution in [2.75, 3.05) is 18.9 Å². The van der Waals surface area contributed by atoms with Crippen LogP contribution in [-0.4, -0.2) is 38.1 Å². The van der Waals surface area contributed by atoms with E-state index in [4.69, 9.17) is 4.42 Å². The van der Waals surface area contributed by atoms with Crippen molar-refractivity contribution < 1.29 is 22.4 Å². The maximum absolute atomic E-state index is 12.8. The van der Waals surface area contributed by atoms with E-state index in [1.165, 1.54) is 19.4 Å². The molecule has 0 bridgehead atoms. The van der Waals surface area contributed by atoms with Gasteiger partial charge in [-0.25, -0.2) is 8.42 Å². The number of carbonyl (C=O) groups excluding carboxylic acids is 2. The van der Waals surface area contributed by atoms with E-state index >= 15 is 0 Å². The van der Waals surface area contributed by atoms with E-state index < -0.39 is 15.9 Å². The maximum Gasteiger partial charge on any atom is 0.243 e. The molecule has 2 aromatic rings. The molecular formula is C18H21N3O5S. The van der Waals surface area contributed by atoms with Crippen molar-refractivity contribution in [3.05, 3.63) is 47.9 Å². The Morgan fingerprint density at radius 2 is 2.11 bits per heavy atom. The molecule has 1 aromatic carbocycles. The first-order chi connectivity index (χ1) is 12.9. The first kappa shape index (κ1) is 19.1. The molecule has 1 aliphatic heterocycles. The summed E-state index contributed by atoms with van der Waals surface area (Å²) in [6, 6.07) is 8.02. The minimum atomic E-state index is -3.83. The van der Waals surface area contributed by atoms with E-state index in [1.807, 2.05) is 0 Å². The number of furan rings is 1. The smallest absolute Gasteiger partial charge is 0.243 e. The quantitative estimate of drug-likeness (QED) is 0.776. The Bertz CT molecular complexity index is 938. The van der Waals surface area contributed by atoms with Crippen LogP contribution in [0.15, 0.2) is 45.9 Å². The third kappa shape index (κ3) is 4.55. The minimum absolute atomic E-state index is 0.0743. The lowest BCUT2D eigenvalue weighted by Gasteiger charge is -2.18. The van der Waals surface area contributed by atoms with Gasteiger partial charge in [-0.05, 0) is 48.7 Å². The number of rotatable bonds is 6. The van der Waals surface area contributed by atoms with Crippen molar-refractivity contribution in [1.82, 2.24) is 9.62 Å². The first-order valence-corrected chi connectivity index (χ1v) is 9.98. The molecule has 27 heavy (non-hydrogen) atoms. The summed E-state index contributed by atoms with van der Waals surface area (Å²) in [6.07, 6.45) is 3.18. The van der Waals surface area contributed by atoms with Crippen LogP contribution in [0, 0.1) is 0 Å². The average Bonchev–Trinajstić information content (AvgIpc) is 3.07. The van der Waals surface area contributed by atoms with Crippen LogP contribution in [0.3, 0.4) is 0 Å². The van der Waals surface area contributed by atoms with Crippen molar-refractivity contribution in [3.63, 3.8) is 0 Å². The van der Waals surface area contributed by atoms with E-state index in [0.29, 0.717) is 30.7 Å². The standard InChI is InChI=1S/C18H21N3O5S/c1-21(12-18(23)19-11-14-5-3-9-26-14)27(24,25)15-7-8-16-13(10-15)4-2-6-17(22)20-16/h3,5,7-10H,2,4,6,11-12H2,1H3,(H,19,23)(H,20,22). The molecule has 2 amide bonds. The van der Waals surface area contributed by atoms with Gasteiger partial charge in [0.05, 0.1) is 24.2 Å². The number of hydrogen-bond donors (Lipinski definition) is 2. The third-order valence-corrected chi connectivity index (χ3v) is 6.11. The van der Waals surface area contributed by atoms with Crippen LogP contribution in [0.1, 0.15) is 24.2 Å². The molecule has 3 rings (SSSR count). The number of anilines is 1. The van der Waals surface area contributed by atoms with Gasteiger partial charge in [-0.2, -0.15) is 4.31 Å². The van der Waals surface area contributed by atoms with Crippen LogP contribution < -0.4 is 10.6 Å². The van der Waals surface area contributed by atoms with Crippen LogP contribution in [-0.2, 0) is 32.6 Å². The van der Waals surface area contributed by atoms with Crippen molar-refractivity contribution in [1.29, 1.82) is 0 Å². The Morgan fingerprint density at radius 3 is 2.85 bits per heavy atom. The summed E-state index contributed by atoms with van der Waals surface area (Å²) < 4.78 is 31.7. The van der Waals surface area contributed by atoms with Crippen LogP contribution in [0.5, 0.6) is 0 Å². The zero-order valence-corrected chi connectivity index (χ0v) is 15.7. The SMILES string of the molecule is CN(CC(=O)NCc1ccco1)S(=O)(=O)c1ccc2c(c1)CCCC(=O)N2. The highest BCUT2D eigenvalue weighted by molar-refractivity contribution is 7.89. The summed E-state index contributed by atoms with van der Waals surface area (Å²) in [5.41, 5.74) is 1.41. The van der Waals surface area contributed by atoms with Crippen LogP contribution >= 0.6 is 0 Å². The van der Waals surface area contributed by atoms with Gasteiger partial charge in [-0.1, -0.05) is 0 Å². The lowest BCUT2D eigenvalue weighted by atomic mass is 10.1. The summed E-state index contributed by atoms with van der Waals surface area (Å²) in [7, 11) is -2.47. The highest BCUT2D eigenvalue weighted by Crippen LogP contribution is 2.26. The monoisotopic (exact) mass is 391 g/mol. The summed E-state index contributed by atoms with van der Waals surface area (Å²) >= 11 is 0. The Kier molecular flexibility index (Phi) is 5.62. The zero-order chi connectivity index (χ0) is 19.4. The highest BCUT2D eigenvalue weighted by atomic mass is 32.2. The molecule has 2 N–H and O–H groups in total. The fourth-order valence-corrected chi connectivity index (χ4v) is 4.01. The van der Waals surface area contributed by atoms with Gasteiger partial charge in [0.1, 0.15) is 5.76 Å². The van der Waals surface area contributed by atoms with Gasteiger partial charge in [0.15, 0.2) is 0 Å². The van der Waals surface area contributed by atoms with Crippen molar-refractivity contribution in [2.24, 2.45) is 0 Å². The van der Waals surface area contributed by atoms with E-state index in [0.717, 1.165) is 9.87 Å². The fourth-order valence-electron chi connectivity index (χ4n) is 2.83. The van der Waals surface area contributed by atoms with Gasteiger partial charge in [0.25, 0.3) is 0 Å². The minimum Gasteiger partial charge on any atom is -0.467 e. The van der Waals surface area contributed by atoms with Crippen LogP contribution in [0.2, 0.25) is 0 Å². The van der Waals surface area contributed by atoms with Gasteiger partial charge in [0.2, 0.25) is 21.8 Å². The summed E-state index contributed by atoms with van der Waals surface area (Å²) in [5.74, 6) is 0.0795. The highest BCUT2D eigenvalue weighted by Gasteiger charge is 2.24. The van der Waals surface area contributed by atoms with Crippen LogP contribution in [0.25, 0.3) is 0 Å². The average molecular weight is 391 g/mol. The van der Waals surface area contributed by atoms with Gasteiger partial charge in [-0.3, -0.25) is 9.59 Å². The molecule has 0 saturated carbocycles. The number of fused-ring (bicyclic) bond motifs is 1. The number of benzene rings is 1. The topological polar surface area (TPSA) is 109 Å². The second-order valence-electron chi connectivity index (χ2n) is 6.34. The van der Waals surface area contributed by atoms with Crippen molar-refractivity contribution in [3.8, 4) is 0 Å². The van der Waals surface area contributed by atoms with Gasteiger partial charge >= 0.3 is 0 Å². The van der Waals surface area contributed by atoms with E-state index in [9.17, 15) is 18.0 Å². The molecule has 1 aliphatic rings. The number of aryl methyl sites for hydroxylation is 1. The number of hydrogen-bond acceptors (Lipinski definition) is 5. The molecule has 0 saturated heterocycles. The van der Waals surface area contributed by atoms with Gasteiger partial charge in [-0.15, -0.1) is 0 Å². The van der Waals surface area contributed by atoms with Crippen LogP contribution in [0.4, 0.5) is 5.69 Å². The lowest BCUT2D eigenvalue weighted by molar-refractivity contribution is -0.121. The second kappa shape index (κ2) is 7.93. The predicted molar refractivity (Wildman–Crippen MR) is 98.4 cm³/mol. The molecule has 9 heteroatoms. The molecule has 2 heterocycles. The normalized spacial score (nSPS) is 14.4. The zero-order valence-electron chi connectivity index (χ0n) is 14.9. The summed E-state index contributed by atoms with van der Waals surface area (Å²) in [6.45, 7) is -0.116. The molecule has 8 nitrogen and oxygen atoms in total. The largest absolute Gasteiger partial charge is 0.467 e. The Balaban J connectivity index is 1.68.